The summed E-state index contributed by atoms with van der Waals surface area (Å²) in [4.78, 5) is 24.1. The lowest BCUT2D eigenvalue weighted by atomic mass is 9.86. The topological polar surface area (TPSA) is 66.8 Å². The molecule has 2 rings (SSSR count). The molecule has 1 aliphatic heterocycles. The molecule has 0 spiro atoms. The van der Waals surface area contributed by atoms with Crippen molar-refractivity contribution in [2.75, 3.05) is 19.7 Å². The smallest absolute Gasteiger partial charge is 0.406 e. The van der Waals surface area contributed by atoms with Crippen LogP contribution in [0.25, 0.3) is 0 Å². The van der Waals surface area contributed by atoms with Crippen LogP contribution >= 0.6 is 0 Å². The Morgan fingerprint density at radius 1 is 1.28 bits per heavy atom. The first-order valence-corrected chi connectivity index (χ1v) is 7.87. The van der Waals surface area contributed by atoms with Crippen molar-refractivity contribution in [3.63, 3.8) is 0 Å². The van der Waals surface area contributed by atoms with E-state index in [0.29, 0.717) is 11.7 Å². The van der Waals surface area contributed by atoms with Crippen molar-refractivity contribution in [2.24, 2.45) is 5.41 Å². The molecule has 138 valence electrons. The lowest BCUT2D eigenvalue weighted by molar-refractivity contribution is -0.227. The molecule has 1 aromatic rings. The Bertz CT molecular complexity index is 642. The van der Waals surface area contributed by atoms with E-state index in [0.717, 1.165) is 10.5 Å². The number of carboxylic acid groups (broad SMARTS) is 1. The fourth-order valence-corrected chi connectivity index (χ4v) is 2.74. The molecule has 1 fully saturated rings. The normalized spacial score (nSPS) is 20.8. The third kappa shape index (κ3) is 3.88. The number of halogens is 3. The van der Waals surface area contributed by atoms with Gasteiger partial charge in [0.25, 0.3) is 5.91 Å². The number of amides is 1. The molecule has 0 radical (unpaired) electrons. The first-order chi connectivity index (χ1) is 11.6. The van der Waals surface area contributed by atoms with E-state index in [1.807, 2.05) is 26.0 Å². The van der Waals surface area contributed by atoms with Gasteiger partial charge in [-0.1, -0.05) is 26.0 Å². The van der Waals surface area contributed by atoms with Crippen molar-refractivity contribution in [3.8, 4) is 5.75 Å². The number of benzene rings is 1. The second kappa shape index (κ2) is 6.93. The van der Waals surface area contributed by atoms with Gasteiger partial charge in [0.2, 0.25) is 0 Å². The maximum Gasteiger partial charge on any atom is 0.406 e. The minimum Gasteiger partial charge on any atom is -0.484 e. The number of likely N-dealkylation sites (tertiary alicyclic amines) is 1. The van der Waals surface area contributed by atoms with Gasteiger partial charge in [-0.25, -0.2) is 0 Å². The highest BCUT2D eigenvalue weighted by atomic mass is 19.4. The summed E-state index contributed by atoms with van der Waals surface area (Å²) in [6.07, 6.45) is -5.57. The molecule has 1 unspecified atom stereocenters. The summed E-state index contributed by atoms with van der Waals surface area (Å²) in [5, 5.41) is 8.99. The van der Waals surface area contributed by atoms with E-state index in [1.54, 1.807) is 12.1 Å². The van der Waals surface area contributed by atoms with Gasteiger partial charge >= 0.3 is 12.1 Å². The summed E-state index contributed by atoms with van der Waals surface area (Å²) in [7, 11) is 0. The minimum atomic E-state index is -4.92. The molecular weight excluding hydrogens is 339 g/mol. The van der Waals surface area contributed by atoms with E-state index in [2.05, 4.69) is 0 Å². The summed E-state index contributed by atoms with van der Waals surface area (Å²) in [5.41, 5.74) is -1.81. The molecule has 0 aliphatic carbocycles. The van der Waals surface area contributed by atoms with Gasteiger partial charge in [-0.15, -0.1) is 0 Å². The zero-order chi connectivity index (χ0) is 18.8. The molecule has 5 nitrogen and oxygen atoms in total. The standard InChI is InChI=1S/C17H20F3NO4/c1-11(2)12-3-5-13(6-4-12)25-9-14(22)21-8-7-16(10-21,15(23)24)17(18,19)20/h3-6,11H,7-10H2,1-2H3,(H,23,24). The molecule has 0 bridgehead atoms. The molecule has 1 saturated heterocycles. The Labute approximate surface area is 143 Å². The average molecular weight is 359 g/mol. The van der Waals surface area contributed by atoms with Crippen LogP contribution in [0.3, 0.4) is 0 Å². The van der Waals surface area contributed by atoms with Gasteiger partial charge in [0.05, 0.1) is 0 Å². The third-order valence-corrected chi connectivity index (χ3v) is 4.48. The fraction of sp³-hybridized carbons (Fsp3) is 0.529. The zero-order valence-corrected chi connectivity index (χ0v) is 14.0. The van der Waals surface area contributed by atoms with Crippen LogP contribution < -0.4 is 4.74 Å². The minimum absolute atomic E-state index is 0.264. The highest BCUT2D eigenvalue weighted by molar-refractivity contribution is 5.82. The molecule has 0 saturated carbocycles. The zero-order valence-electron chi connectivity index (χ0n) is 14.0. The molecule has 1 aliphatic rings. The lowest BCUT2D eigenvalue weighted by Gasteiger charge is -2.27. The van der Waals surface area contributed by atoms with E-state index in [-0.39, 0.29) is 6.54 Å². The quantitative estimate of drug-likeness (QED) is 0.878. The van der Waals surface area contributed by atoms with Gasteiger partial charge < -0.3 is 14.7 Å². The molecular formula is C17H20F3NO4. The van der Waals surface area contributed by atoms with Crippen LogP contribution in [0.4, 0.5) is 13.2 Å². The molecule has 1 N–H and O–H groups in total. The van der Waals surface area contributed by atoms with E-state index < -0.39 is 43.0 Å². The second-order valence-electron chi connectivity index (χ2n) is 6.46. The third-order valence-electron chi connectivity index (χ3n) is 4.48. The number of alkyl halides is 3. The maximum absolute atomic E-state index is 13.1. The van der Waals surface area contributed by atoms with Gasteiger partial charge in [0.1, 0.15) is 5.75 Å². The number of nitrogens with zero attached hydrogens (tertiary/aromatic N) is 1. The van der Waals surface area contributed by atoms with Gasteiger partial charge in [0.15, 0.2) is 12.0 Å². The fourth-order valence-electron chi connectivity index (χ4n) is 2.74. The molecule has 8 heteroatoms. The summed E-state index contributed by atoms with van der Waals surface area (Å²) >= 11 is 0. The van der Waals surface area contributed by atoms with Crippen molar-refractivity contribution in [2.45, 2.75) is 32.4 Å². The molecule has 0 aromatic heterocycles. The number of carboxylic acids is 1. The van der Waals surface area contributed by atoms with Gasteiger partial charge in [-0.3, -0.25) is 9.59 Å². The van der Waals surface area contributed by atoms with E-state index >= 15 is 0 Å². The summed E-state index contributed by atoms with van der Waals surface area (Å²) in [5.74, 6) is -1.86. The van der Waals surface area contributed by atoms with E-state index in [4.69, 9.17) is 9.84 Å². The predicted molar refractivity (Wildman–Crippen MR) is 83.3 cm³/mol. The van der Waals surface area contributed by atoms with Crippen LogP contribution in [0.15, 0.2) is 24.3 Å². The molecule has 1 atom stereocenters. The van der Waals surface area contributed by atoms with Crippen LogP contribution in [0.1, 0.15) is 31.7 Å². The number of carbonyl (C=O) groups excluding carboxylic acids is 1. The highest BCUT2D eigenvalue weighted by Crippen LogP contribution is 2.45. The number of hydrogen-bond acceptors (Lipinski definition) is 3. The maximum atomic E-state index is 13.1. The van der Waals surface area contributed by atoms with Crippen molar-refractivity contribution < 1.29 is 32.6 Å². The van der Waals surface area contributed by atoms with Crippen LogP contribution in [0.2, 0.25) is 0 Å². The number of hydrogen-bond donors (Lipinski definition) is 1. The average Bonchev–Trinajstić information content (AvgIpc) is 2.99. The van der Waals surface area contributed by atoms with Crippen molar-refractivity contribution >= 4 is 11.9 Å². The molecule has 1 heterocycles. The first kappa shape index (κ1) is 19.1. The largest absolute Gasteiger partial charge is 0.484 e. The summed E-state index contributed by atoms with van der Waals surface area (Å²) < 4.78 is 44.6. The lowest BCUT2D eigenvalue weighted by Crippen LogP contribution is -2.48. The van der Waals surface area contributed by atoms with E-state index in [9.17, 15) is 22.8 Å². The summed E-state index contributed by atoms with van der Waals surface area (Å²) in [6, 6.07) is 7.06. The number of ether oxygens (including phenoxy) is 1. The van der Waals surface area contributed by atoms with Crippen LogP contribution in [-0.4, -0.2) is 47.8 Å². The Balaban J connectivity index is 1.97. The Morgan fingerprint density at radius 3 is 2.32 bits per heavy atom. The van der Waals surface area contributed by atoms with Gasteiger partial charge in [-0.05, 0) is 30.0 Å². The van der Waals surface area contributed by atoms with Crippen molar-refractivity contribution in [3.05, 3.63) is 29.8 Å². The van der Waals surface area contributed by atoms with Crippen LogP contribution in [-0.2, 0) is 9.59 Å². The Morgan fingerprint density at radius 2 is 1.88 bits per heavy atom. The number of rotatable bonds is 5. The SMILES string of the molecule is CC(C)c1ccc(OCC(=O)N2CCC(C(=O)O)(C(F)(F)F)C2)cc1. The van der Waals surface area contributed by atoms with E-state index in [1.165, 1.54) is 0 Å². The van der Waals surface area contributed by atoms with Crippen LogP contribution in [0, 0.1) is 5.41 Å². The Hall–Kier alpha value is -2.25. The Kier molecular flexibility index (Phi) is 5.29. The predicted octanol–water partition coefficient (Wildman–Crippen LogP) is 3.05. The second-order valence-corrected chi connectivity index (χ2v) is 6.46. The van der Waals surface area contributed by atoms with Crippen molar-refractivity contribution in [1.29, 1.82) is 0 Å². The number of carbonyl (C=O) groups is 2. The molecule has 25 heavy (non-hydrogen) atoms. The van der Waals surface area contributed by atoms with Gasteiger partial charge in [-0.2, -0.15) is 13.2 Å². The van der Waals surface area contributed by atoms with Crippen LogP contribution in [0.5, 0.6) is 5.75 Å². The first-order valence-electron chi connectivity index (χ1n) is 7.87. The van der Waals surface area contributed by atoms with Gasteiger partial charge in [0, 0.05) is 13.1 Å². The molecule has 1 amide bonds. The number of aliphatic carboxylic acids is 1. The molecule has 1 aromatic carbocycles. The monoisotopic (exact) mass is 359 g/mol. The summed E-state index contributed by atoms with van der Waals surface area (Å²) in [6.45, 7) is 2.47. The van der Waals surface area contributed by atoms with Crippen molar-refractivity contribution in [1.82, 2.24) is 4.90 Å². The highest BCUT2D eigenvalue weighted by Gasteiger charge is 2.64.